The average Bonchev–Trinajstić information content (AvgIpc) is 2.16. The molecule has 0 aromatic rings. The van der Waals surface area contributed by atoms with Crippen molar-refractivity contribution in [2.24, 2.45) is 0 Å². The van der Waals surface area contributed by atoms with Crippen LogP contribution in [0.1, 0.15) is 58.8 Å². The highest BCUT2D eigenvalue weighted by atomic mass is 31.1. The molecule has 0 N–H and O–H groups in total. The second-order valence-corrected chi connectivity index (χ2v) is 4.80. The minimum atomic E-state index is 1.07. The van der Waals surface area contributed by atoms with E-state index in [-0.39, 0.29) is 0 Å². The topological polar surface area (TPSA) is 0 Å². The quantitative estimate of drug-likeness (QED) is 0.365. The van der Waals surface area contributed by atoms with E-state index in [2.05, 4.69) is 25.7 Å². The molecule has 0 rings (SSSR count). The van der Waals surface area contributed by atoms with Gasteiger partial charge in [-0.2, -0.15) is 0 Å². The van der Waals surface area contributed by atoms with Crippen molar-refractivity contribution in [3.05, 3.63) is 11.9 Å². The monoisotopic (exact) mass is 200 g/mol. The Kier molecular flexibility index (Phi) is 12.3. The summed E-state index contributed by atoms with van der Waals surface area (Å²) in [5.74, 6) is 2.39. The summed E-state index contributed by atoms with van der Waals surface area (Å²) in [5, 5.41) is 0. The second kappa shape index (κ2) is 12.2. The van der Waals surface area contributed by atoms with Gasteiger partial charge in [-0.3, -0.25) is 0 Å². The Bertz CT molecular complexity index is 108. The van der Waals surface area contributed by atoms with E-state index in [9.17, 15) is 0 Å². The highest BCUT2D eigenvalue weighted by Gasteiger charge is 1.85. The normalized spacial score (nSPS) is 12.2. The Balaban J connectivity index is 2.93. The molecule has 1 unspecified atom stereocenters. The van der Waals surface area contributed by atoms with E-state index in [0.29, 0.717) is 0 Å². The second-order valence-electron chi connectivity index (χ2n) is 3.56. The molecule has 0 aromatic heterocycles. The van der Waals surface area contributed by atoms with Crippen molar-refractivity contribution < 1.29 is 0 Å². The third-order valence-electron chi connectivity index (χ3n) is 2.13. The van der Waals surface area contributed by atoms with Gasteiger partial charge in [0.15, 0.2) is 0 Å². The van der Waals surface area contributed by atoms with Crippen molar-refractivity contribution in [1.29, 1.82) is 0 Å². The van der Waals surface area contributed by atoms with E-state index in [1.54, 1.807) is 0 Å². The first kappa shape index (κ1) is 13.2. The smallest absolute Gasteiger partial charge is 0.0319 e. The van der Waals surface area contributed by atoms with E-state index in [1.165, 1.54) is 51.1 Å². The minimum Gasteiger partial charge on any atom is -0.0987 e. The number of hydrogen-bond acceptors (Lipinski definition) is 0. The Morgan fingerprint density at radius 1 is 0.923 bits per heavy atom. The minimum absolute atomic E-state index is 1.07. The van der Waals surface area contributed by atoms with Gasteiger partial charge in [-0.15, -0.1) is 0 Å². The summed E-state index contributed by atoms with van der Waals surface area (Å²) in [6, 6.07) is 0. The van der Waals surface area contributed by atoms with E-state index in [1.807, 2.05) is 0 Å². The van der Waals surface area contributed by atoms with Crippen LogP contribution in [0.2, 0.25) is 0 Å². The van der Waals surface area contributed by atoms with Gasteiger partial charge in [-0.05, 0) is 19.0 Å². The lowest BCUT2D eigenvalue weighted by molar-refractivity contribution is 0.706. The first-order chi connectivity index (χ1) is 6.41. The van der Waals surface area contributed by atoms with E-state index >= 15 is 0 Å². The van der Waals surface area contributed by atoms with Crippen molar-refractivity contribution in [3.63, 3.8) is 0 Å². The van der Waals surface area contributed by atoms with Gasteiger partial charge >= 0.3 is 0 Å². The maximum absolute atomic E-state index is 2.39. The summed E-state index contributed by atoms with van der Waals surface area (Å²) in [4.78, 5) is 0. The molecule has 0 amide bonds. The summed E-state index contributed by atoms with van der Waals surface area (Å²) < 4.78 is 0. The molecule has 0 aromatic carbocycles. The predicted molar refractivity (Wildman–Crippen MR) is 66.0 cm³/mol. The molecule has 1 atom stereocenters. The third-order valence-corrected chi connectivity index (χ3v) is 3.25. The molecule has 0 fully saturated rings. The standard InChI is InChI=1S/C12H25P/c1-3-5-7-9-11-13-12-10-8-6-4-2/h9,11,13H,3-8,10,12H2,1-2H3. The third kappa shape index (κ3) is 12.2. The number of hydrogen-bond donors (Lipinski definition) is 0. The molecule has 0 saturated heterocycles. The molecule has 0 aliphatic rings. The van der Waals surface area contributed by atoms with Crippen LogP contribution < -0.4 is 0 Å². The molecule has 0 radical (unpaired) electrons. The van der Waals surface area contributed by atoms with Gasteiger partial charge in [0.25, 0.3) is 0 Å². The van der Waals surface area contributed by atoms with Crippen molar-refractivity contribution in [2.75, 3.05) is 6.16 Å². The van der Waals surface area contributed by atoms with Crippen LogP contribution in [0.15, 0.2) is 11.9 Å². The zero-order chi connectivity index (χ0) is 9.78. The van der Waals surface area contributed by atoms with Crippen molar-refractivity contribution in [3.8, 4) is 0 Å². The van der Waals surface area contributed by atoms with Crippen molar-refractivity contribution in [2.45, 2.75) is 58.8 Å². The molecule has 0 bridgehead atoms. The first-order valence-corrected chi connectivity index (χ1v) is 7.08. The lowest BCUT2D eigenvalue weighted by Gasteiger charge is -1.96. The maximum atomic E-state index is 2.39. The van der Waals surface area contributed by atoms with Crippen LogP contribution in [0.5, 0.6) is 0 Å². The summed E-state index contributed by atoms with van der Waals surface area (Å²) in [7, 11) is 1.07. The molecule has 13 heavy (non-hydrogen) atoms. The van der Waals surface area contributed by atoms with E-state index in [0.717, 1.165) is 8.58 Å². The number of allylic oxidation sites excluding steroid dienone is 1. The van der Waals surface area contributed by atoms with Crippen LogP contribution in [0, 0.1) is 0 Å². The Labute approximate surface area is 86.0 Å². The molecule has 78 valence electrons. The van der Waals surface area contributed by atoms with Crippen LogP contribution >= 0.6 is 8.58 Å². The first-order valence-electron chi connectivity index (χ1n) is 5.80. The molecular formula is C12H25P. The van der Waals surface area contributed by atoms with Gasteiger partial charge in [0.2, 0.25) is 0 Å². The summed E-state index contributed by atoms with van der Waals surface area (Å²) in [6.45, 7) is 4.52. The summed E-state index contributed by atoms with van der Waals surface area (Å²) >= 11 is 0. The van der Waals surface area contributed by atoms with Crippen LogP contribution in [0.3, 0.4) is 0 Å². The van der Waals surface area contributed by atoms with Crippen LogP contribution in [-0.4, -0.2) is 6.16 Å². The Hall–Kier alpha value is 0.170. The van der Waals surface area contributed by atoms with Gasteiger partial charge in [-0.1, -0.05) is 66.4 Å². The van der Waals surface area contributed by atoms with Crippen LogP contribution in [-0.2, 0) is 0 Å². The fourth-order valence-electron chi connectivity index (χ4n) is 1.23. The van der Waals surface area contributed by atoms with E-state index in [4.69, 9.17) is 0 Å². The van der Waals surface area contributed by atoms with E-state index < -0.39 is 0 Å². The highest BCUT2D eigenvalue weighted by molar-refractivity contribution is 7.41. The highest BCUT2D eigenvalue weighted by Crippen LogP contribution is 2.16. The zero-order valence-electron chi connectivity index (χ0n) is 9.31. The number of rotatable bonds is 9. The molecule has 1 heteroatoms. The Morgan fingerprint density at radius 3 is 2.38 bits per heavy atom. The lowest BCUT2D eigenvalue weighted by atomic mass is 10.2. The Morgan fingerprint density at radius 2 is 1.69 bits per heavy atom. The fourth-order valence-corrected chi connectivity index (χ4v) is 2.18. The van der Waals surface area contributed by atoms with Crippen molar-refractivity contribution >= 4 is 8.58 Å². The maximum Gasteiger partial charge on any atom is -0.0319 e. The SMILES string of the molecule is CCCCC=CPCCCCCC. The molecule has 0 heterocycles. The molecule has 0 nitrogen and oxygen atoms in total. The molecule has 0 spiro atoms. The zero-order valence-corrected chi connectivity index (χ0v) is 10.3. The van der Waals surface area contributed by atoms with Crippen LogP contribution in [0.4, 0.5) is 0 Å². The molecule has 0 saturated carbocycles. The fraction of sp³-hybridized carbons (Fsp3) is 0.833. The van der Waals surface area contributed by atoms with Crippen molar-refractivity contribution in [1.82, 2.24) is 0 Å². The molecule has 0 aliphatic heterocycles. The lowest BCUT2D eigenvalue weighted by Crippen LogP contribution is -1.76. The van der Waals surface area contributed by atoms with Gasteiger partial charge < -0.3 is 0 Å². The summed E-state index contributed by atoms with van der Waals surface area (Å²) in [6.07, 6.45) is 13.4. The van der Waals surface area contributed by atoms with Crippen LogP contribution in [0.25, 0.3) is 0 Å². The largest absolute Gasteiger partial charge is 0.0987 e. The molecular weight excluding hydrogens is 175 g/mol. The van der Waals surface area contributed by atoms with Gasteiger partial charge in [-0.25, -0.2) is 0 Å². The molecule has 0 aliphatic carbocycles. The van der Waals surface area contributed by atoms with Gasteiger partial charge in [0, 0.05) is 0 Å². The summed E-state index contributed by atoms with van der Waals surface area (Å²) in [5.41, 5.74) is 0. The predicted octanol–water partition coefficient (Wildman–Crippen LogP) is 4.95. The number of unbranched alkanes of at least 4 members (excludes halogenated alkanes) is 5. The van der Waals surface area contributed by atoms with Gasteiger partial charge in [0.05, 0.1) is 0 Å². The van der Waals surface area contributed by atoms with Gasteiger partial charge in [0.1, 0.15) is 0 Å². The average molecular weight is 200 g/mol.